The standard InChI is InChI=1S/C21H21N5O5S/c27-17-4-3-15(18(28)24-17)26-9-12-2-1-11(7-13(12)19(26)29)8-22-20(30)25-21-23-14-5-6-31-10-16(14)32-21/h1-2,7,15H,3-6,8-10H2,(H,24,27,28)(H2,22,23,25,30). The fourth-order valence-electron chi connectivity index (χ4n) is 4.11. The molecule has 1 fully saturated rings. The molecule has 1 atom stereocenters. The minimum absolute atomic E-state index is 0.218. The van der Waals surface area contributed by atoms with Crippen LogP contribution in [-0.4, -0.2) is 46.3 Å². The van der Waals surface area contributed by atoms with E-state index < -0.39 is 11.9 Å². The highest BCUT2D eigenvalue weighted by molar-refractivity contribution is 7.15. The molecule has 4 heterocycles. The second-order valence-corrected chi connectivity index (χ2v) is 8.97. The van der Waals surface area contributed by atoms with Gasteiger partial charge in [-0.1, -0.05) is 23.5 Å². The quantitative estimate of drug-likeness (QED) is 0.596. The third-order valence-corrected chi connectivity index (χ3v) is 6.75. The van der Waals surface area contributed by atoms with Crippen LogP contribution in [-0.2, 0) is 40.4 Å². The van der Waals surface area contributed by atoms with Crippen molar-refractivity contribution < 1.29 is 23.9 Å². The fourth-order valence-corrected chi connectivity index (χ4v) is 5.05. The van der Waals surface area contributed by atoms with Crippen LogP contribution in [0.3, 0.4) is 0 Å². The lowest BCUT2D eigenvalue weighted by atomic mass is 10.0. The SMILES string of the molecule is O=C1CCC(N2Cc3ccc(CNC(=O)Nc4nc5c(s4)COCC5)cc3C2=O)C(=O)N1. The summed E-state index contributed by atoms with van der Waals surface area (Å²) in [5.41, 5.74) is 3.07. The van der Waals surface area contributed by atoms with Crippen molar-refractivity contribution in [1.82, 2.24) is 20.5 Å². The van der Waals surface area contributed by atoms with Crippen LogP contribution in [0.4, 0.5) is 9.93 Å². The molecular weight excluding hydrogens is 434 g/mol. The molecule has 3 N–H and O–H groups in total. The second-order valence-electron chi connectivity index (χ2n) is 7.89. The van der Waals surface area contributed by atoms with Crippen molar-refractivity contribution in [3.63, 3.8) is 0 Å². The minimum atomic E-state index is -0.644. The van der Waals surface area contributed by atoms with Gasteiger partial charge in [-0.3, -0.25) is 25.0 Å². The fraction of sp³-hybridized carbons (Fsp3) is 0.381. The lowest BCUT2D eigenvalue weighted by Crippen LogP contribution is -2.52. The summed E-state index contributed by atoms with van der Waals surface area (Å²) >= 11 is 1.40. The molecule has 1 aromatic carbocycles. The molecule has 11 heteroatoms. The Labute approximate surface area is 187 Å². The van der Waals surface area contributed by atoms with Crippen LogP contribution in [0.15, 0.2) is 18.2 Å². The number of aromatic nitrogens is 1. The number of hydrogen-bond donors (Lipinski definition) is 3. The average molecular weight is 455 g/mol. The molecule has 0 spiro atoms. The van der Waals surface area contributed by atoms with Crippen molar-refractivity contribution in [2.24, 2.45) is 0 Å². The molecule has 2 aromatic rings. The lowest BCUT2D eigenvalue weighted by Gasteiger charge is -2.29. The van der Waals surface area contributed by atoms with Gasteiger partial charge in [0.2, 0.25) is 11.8 Å². The van der Waals surface area contributed by atoms with Gasteiger partial charge >= 0.3 is 6.03 Å². The predicted octanol–water partition coefficient (Wildman–Crippen LogP) is 1.30. The first-order valence-electron chi connectivity index (χ1n) is 10.4. The van der Waals surface area contributed by atoms with Crippen molar-refractivity contribution in [2.75, 3.05) is 11.9 Å². The average Bonchev–Trinajstić information content (AvgIpc) is 3.32. The smallest absolute Gasteiger partial charge is 0.321 e. The number of fused-ring (bicyclic) bond motifs is 2. The van der Waals surface area contributed by atoms with E-state index in [1.54, 1.807) is 6.07 Å². The zero-order chi connectivity index (χ0) is 22.2. The number of rotatable bonds is 4. The van der Waals surface area contributed by atoms with Gasteiger partial charge in [0.15, 0.2) is 5.13 Å². The lowest BCUT2D eigenvalue weighted by molar-refractivity contribution is -0.136. The maximum atomic E-state index is 12.9. The van der Waals surface area contributed by atoms with Crippen molar-refractivity contribution in [2.45, 2.75) is 45.0 Å². The maximum absolute atomic E-state index is 12.9. The van der Waals surface area contributed by atoms with Crippen LogP contribution in [0.1, 0.15) is 44.9 Å². The van der Waals surface area contributed by atoms with Crippen molar-refractivity contribution >= 4 is 40.2 Å². The number of carbonyl (C=O) groups is 4. The highest BCUT2D eigenvalue weighted by atomic mass is 32.1. The van der Waals surface area contributed by atoms with E-state index in [-0.39, 0.29) is 30.8 Å². The van der Waals surface area contributed by atoms with Crippen LogP contribution in [0, 0.1) is 0 Å². The topological polar surface area (TPSA) is 130 Å². The van der Waals surface area contributed by atoms with E-state index in [9.17, 15) is 19.2 Å². The molecule has 5 amide bonds. The molecule has 0 bridgehead atoms. The Morgan fingerprint density at radius 1 is 1.28 bits per heavy atom. The summed E-state index contributed by atoms with van der Waals surface area (Å²) in [6.07, 6.45) is 1.29. The highest BCUT2D eigenvalue weighted by Crippen LogP contribution is 2.29. The van der Waals surface area contributed by atoms with Crippen LogP contribution in [0.25, 0.3) is 0 Å². The second kappa shape index (κ2) is 8.32. The normalized spacial score (nSPS) is 19.9. The molecule has 0 saturated carbocycles. The summed E-state index contributed by atoms with van der Waals surface area (Å²) in [6, 6.07) is 4.40. The van der Waals surface area contributed by atoms with Crippen LogP contribution >= 0.6 is 11.3 Å². The van der Waals surface area contributed by atoms with Gasteiger partial charge in [-0.05, 0) is 23.6 Å². The first-order chi connectivity index (χ1) is 15.5. The Morgan fingerprint density at radius 2 is 2.16 bits per heavy atom. The van der Waals surface area contributed by atoms with E-state index in [1.165, 1.54) is 16.2 Å². The summed E-state index contributed by atoms with van der Waals surface area (Å²) in [4.78, 5) is 55.7. The Hall–Kier alpha value is -3.31. The number of anilines is 1. The zero-order valence-corrected chi connectivity index (χ0v) is 17.9. The van der Waals surface area contributed by atoms with Gasteiger partial charge < -0.3 is 15.0 Å². The first kappa shape index (κ1) is 20.6. The molecule has 5 rings (SSSR count). The predicted molar refractivity (Wildman–Crippen MR) is 114 cm³/mol. The summed E-state index contributed by atoms with van der Waals surface area (Å²) in [6.45, 7) is 1.72. The van der Waals surface area contributed by atoms with Gasteiger partial charge in [0.1, 0.15) is 6.04 Å². The van der Waals surface area contributed by atoms with Crippen LogP contribution in [0.5, 0.6) is 0 Å². The number of carbonyl (C=O) groups excluding carboxylic acids is 4. The molecule has 3 aliphatic rings. The van der Waals surface area contributed by atoms with Gasteiger partial charge in [0, 0.05) is 31.5 Å². The van der Waals surface area contributed by atoms with Gasteiger partial charge in [-0.2, -0.15) is 0 Å². The third-order valence-electron chi connectivity index (χ3n) is 5.76. The van der Waals surface area contributed by atoms with Crippen molar-refractivity contribution in [3.8, 4) is 0 Å². The number of piperidine rings is 1. The van der Waals surface area contributed by atoms with E-state index in [0.29, 0.717) is 36.9 Å². The zero-order valence-electron chi connectivity index (χ0n) is 17.1. The number of thiazole rings is 1. The largest absolute Gasteiger partial charge is 0.375 e. The number of nitrogens with one attached hydrogen (secondary N) is 3. The third kappa shape index (κ3) is 3.96. The van der Waals surface area contributed by atoms with Gasteiger partial charge in [-0.25, -0.2) is 9.78 Å². The Bertz CT molecular complexity index is 1110. The molecular formula is C21H21N5O5S. The number of ether oxygens (including phenoxy) is 1. The molecule has 1 unspecified atom stereocenters. The first-order valence-corrected chi connectivity index (χ1v) is 11.2. The summed E-state index contributed by atoms with van der Waals surface area (Å²) in [7, 11) is 0. The summed E-state index contributed by atoms with van der Waals surface area (Å²) < 4.78 is 5.40. The monoisotopic (exact) mass is 455 g/mol. The van der Waals surface area contributed by atoms with E-state index >= 15 is 0 Å². The van der Waals surface area contributed by atoms with Gasteiger partial charge in [0.25, 0.3) is 5.91 Å². The minimum Gasteiger partial charge on any atom is -0.375 e. The van der Waals surface area contributed by atoms with Crippen molar-refractivity contribution in [3.05, 3.63) is 45.5 Å². The molecule has 0 aliphatic carbocycles. The van der Waals surface area contributed by atoms with Gasteiger partial charge in [-0.15, -0.1) is 0 Å². The van der Waals surface area contributed by atoms with Crippen molar-refractivity contribution in [1.29, 1.82) is 0 Å². The number of nitrogens with zero attached hydrogens (tertiary/aromatic N) is 2. The van der Waals surface area contributed by atoms with E-state index in [1.807, 2.05) is 12.1 Å². The Kier molecular flexibility index (Phi) is 5.35. The summed E-state index contributed by atoms with van der Waals surface area (Å²) in [5.74, 6) is -0.985. The molecule has 166 valence electrons. The van der Waals surface area contributed by atoms with E-state index in [2.05, 4.69) is 20.9 Å². The molecule has 0 radical (unpaired) electrons. The van der Waals surface area contributed by atoms with Gasteiger partial charge in [0.05, 0.1) is 23.8 Å². The van der Waals surface area contributed by atoms with Crippen LogP contribution < -0.4 is 16.0 Å². The number of imide groups is 1. The van der Waals surface area contributed by atoms with E-state index in [4.69, 9.17) is 4.74 Å². The van der Waals surface area contributed by atoms with Crippen LogP contribution in [0.2, 0.25) is 0 Å². The number of hydrogen-bond acceptors (Lipinski definition) is 7. The molecule has 10 nitrogen and oxygen atoms in total. The molecule has 3 aliphatic heterocycles. The maximum Gasteiger partial charge on any atom is 0.321 e. The Balaban J connectivity index is 1.20. The molecule has 32 heavy (non-hydrogen) atoms. The number of amides is 5. The molecule has 1 saturated heterocycles. The van der Waals surface area contributed by atoms with E-state index in [0.717, 1.165) is 28.1 Å². The molecule has 1 aromatic heterocycles. The number of urea groups is 1. The summed E-state index contributed by atoms with van der Waals surface area (Å²) in [5, 5.41) is 8.35. The number of benzene rings is 1. The highest BCUT2D eigenvalue weighted by Gasteiger charge is 2.39. The Morgan fingerprint density at radius 3 is 2.97 bits per heavy atom.